The molecule has 0 saturated carbocycles. The summed E-state index contributed by atoms with van der Waals surface area (Å²) in [6.07, 6.45) is -0.559. The predicted octanol–water partition coefficient (Wildman–Crippen LogP) is 1.54. The van der Waals surface area contributed by atoms with Gasteiger partial charge >= 0.3 is 5.97 Å². The van der Waals surface area contributed by atoms with Gasteiger partial charge in [-0.3, -0.25) is 9.59 Å². The fourth-order valence-electron chi connectivity index (χ4n) is 1.19. The van der Waals surface area contributed by atoms with Crippen LogP contribution in [0.1, 0.15) is 16.8 Å². The van der Waals surface area contributed by atoms with Gasteiger partial charge in [-0.25, -0.2) is 0 Å². The van der Waals surface area contributed by atoms with Gasteiger partial charge in [0.05, 0.1) is 12.7 Å². The third-order valence-corrected chi connectivity index (χ3v) is 2.87. The molecule has 0 saturated heterocycles. The van der Waals surface area contributed by atoms with E-state index in [1.165, 1.54) is 19.2 Å². The number of Topliss-reactive ketones (excluding diaryl/α,β-unsaturated/α-hetero) is 1. The quantitative estimate of drug-likeness (QED) is 0.377. The van der Waals surface area contributed by atoms with Crippen LogP contribution in [0.15, 0.2) is 12.1 Å². The predicted molar refractivity (Wildman–Crippen MR) is 66.7 cm³/mol. The van der Waals surface area contributed by atoms with Crippen molar-refractivity contribution in [3.63, 3.8) is 0 Å². The van der Waals surface area contributed by atoms with E-state index < -0.39 is 18.2 Å². The molecule has 0 spiro atoms. The van der Waals surface area contributed by atoms with Gasteiger partial charge < -0.3 is 15.6 Å². The highest BCUT2D eigenvalue weighted by Gasteiger charge is 2.17. The number of aliphatic carboxylic acids is 1. The minimum Gasteiger partial charge on any atom is -0.496 e. The normalized spacial score (nSPS) is 9.88. The van der Waals surface area contributed by atoms with Crippen LogP contribution in [-0.4, -0.2) is 24.0 Å². The number of nitrogen functional groups attached to an aromatic ring is 1. The Morgan fingerprint density at radius 2 is 2.12 bits per heavy atom. The summed E-state index contributed by atoms with van der Waals surface area (Å²) < 4.78 is 5.67. The number of carbonyl (C=O) groups excluding carboxylic acids is 1. The standard InChI is InChI=1S/C10H10INO4/c1-16-9-3-7(12)6(11)2-5(9)8(13)4-10(14)15/h2-3H,4,12H2,1H3,(H,14,15). The van der Waals surface area contributed by atoms with Gasteiger partial charge in [0.15, 0.2) is 5.78 Å². The Morgan fingerprint density at radius 3 is 2.62 bits per heavy atom. The van der Waals surface area contributed by atoms with Crippen LogP contribution in [0, 0.1) is 3.57 Å². The zero-order chi connectivity index (χ0) is 12.3. The number of methoxy groups -OCH3 is 1. The lowest BCUT2D eigenvalue weighted by Crippen LogP contribution is -2.09. The number of hydrogen-bond acceptors (Lipinski definition) is 4. The molecule has 0 aliphatic rings. The second kappa shape index (κ2) is 5.15. The SMILES string of the molecule is COc1cc(N)c(I)cc1C(=O)CC(=O)O. The van der Waals surface area contributed by atoms with E-state index in [1.807, 2.05) is 22.6 Å². The second-order valence-corrected chi connectivity index (χ2v) is 4.23. The number of ether oxygens (including phenoxy) is 1. The molecular weight excluding hydrogens is 325 g/mol. The molecule has 3 N–H and O–H groups in total. The van der Waals surface area contributed by atoms with Crippen LogP contribution in [0.3, 0.4) is 0 Å². The summed E-state index contributed by atoms with van der Waals surface area (Å²) in [6.45, 7) is 0. The molecule has 0 bridgehead atoms. The molecule has 0 aliphatic heterocycles. The molecule has 1 aromatic rings. The molecule has 0 amide bonds. The minimum atomic E-state index is -1.17. The molecule has 6 heteroatoms. The first-order chi connectivity index (χ1) is 7.45. The Bertz CT molecular complexity index is 445. The number of anilines is 1. The van der Waals surface area contributed by atoms with Crippen molar-refractivity contribution in [2.45, 2.75) is 6.42 Å². The Hall–Kier alpha value is -1.31. The van der Waals surface area contributed by atoms with Crippen molar-refractivity contribution in [2.24, 2.45) is 0 Å². The van der Waals surface area contributed by atoms with E-state index >= 15 is 0 Å². The van der Waals surface area contributed by atoms with Crippen LogP contribution < -0.4 is 10.5 Å². The van der Waals surface area contributed by atoms with Crippen LogP contribution in [0.4, 0.5) is 5.69 Å². The summed E-state index contributed by atoms with van der Waals surface area (Å²) in [5.41, 5.74) is 6.38. The highest BCUT2D eigenvalue weighted by molar-refractivity contribution is 14.1. The molecule has 0 unspecified atom stereocenters. The van der Waals surface area contributed by atoms with Gasteiger partial charge in [0.2, 0.25) is 0 Å². The number of carboxylic acids is 1. The van der Waals surface area contributed by atoms with E-state index in [4.69, 9.17) is 15.6 Å². The molecule has 1 aromatic carbocycles. The molecule has 5 nitrogen and oxygen atoms in total. The van der Waals surface area contributed by atoms with Crippen molar-refractivity contribution in [1.29, 1.82) is 0 Å². The Labute approximate surface area is 106 Å². The number of carbonyl (C=O) groups is 2. The van der Waals surface area contributed by atoms with E-state index in [0.717, 1.165) is 0 Å². The number of hydrogen-bond donors (Lipinski definition) is 2. The van der Waals surface area contributed by atoms with E-state index in [-0.39, 0.29) is 5.56 Å². The van der Waals surface area contributed by atoms with Crippen LogP contribution in [0.25, 0.3) is 0 Å². The third kappa shape index (κ3) is 2.84. The van der Waals surface area contributed by atoms with Crippen LogP contribution in [-0.2, 0) is 4.79 Å². The molecule has 0 atom stereocenters. The van der Waals surface area contributed by atoms with Crippen molar-refractivity contribution in [3.05, 3.63) is 21.3 Å². The lowest BCUT2D eigenvalue weighted by atomic mass is 10.1. The zero-order valence-electron chi connectivity index (χ0n) is 8.49. The largest absolute Gasteiger partial charge is 0.496 e. The van der Waals surface area contributed by atoms with Crippen molar-refractivity contribution in [3.8, 4) is 5.75 Å². The molecule has 0 aliphatic carbocycles. The van der Waals surface area contributed by atoms with E-state index in [0.29, 0.717) is 15.0 Å². The highest BCUT2D eigenvalue weighted by atomic mass is 127. The monoisotopic (exact) mass is 335 g/mol. The van der Waals surface area contributed by atoms with E-state index in [2.05, 4.69) is 0 Å². The lowest BCUT2D eigenvalue weighted by Gasteiger charge is -2.09. The molecule has 0 aromatic heterocycles. The number of rotatable bonds is 4. The van der Waals surface area contributed by atoms with E-state index in [9.17, 15) is 9.59 Å². The van der Waals surface area contributed by atoms with Crippen LogP contribution in [0.2, 0.25) is 0 Å². The molecule has 16 heavy (non-hydrogen) atoms. The maximum absolute atomic E-state index is 11.6. The summed E-state index contributed by atoms with van der Waals surface area (Å²) in [7, 11) is 1.40. The zero-order valence-corrected chi connectivity index (χ0v) is 10.6. The summed E-state index contributed by atoms with van der Waals surface area (Å²) in [5.74, 6) is -1.37. The Morgan fingerprint density at radius 1 is 1.50 bits per heavy atom. The number of ketones is 1. The van der Waals surface area contributed by atoms with Crippen molar-refractivity contribution in [1.82, 2.24) is 0 Å². The third-order valence-electron chi connectivity index (χ3n) is 1.93. The van der Waals surface area contributed by atoms with Gasteiger partial charge in [0.1, 0.15) is 12.2 Å². The first-order valence-electron chi connectivity index (χ1n) is 4.33. The second-order valence-electron chi connectivity index (χ2n) is 3.07. The molecule has 0 radical (unpaired) electrons. The maximum Gasteiger partial charge on any atom is 0.311 e. The van der Waals surface area contributed by atoms with Crippen LogP contribution >= 0.6 is 22.6 Å². The van der Waals surface area contributed by atoms with Gasteiger partial charge in [-0.05, 0) is 28.7 Å². The Balaban J connectivity index is 3.16. The van der Waals surface area contributed by atoms with Crippen molar-refractivity contribution in [2.75, 3.05) is 12.8 Å². The first-order valence-corrected chi connectivity index (χ1v) is 5.41. The molecule has 0 heterocycles. The first kappa shape index (κ1) is 12.8. The van der Waals surface area contributed by atoms with Crippen LogP contribution in [0.5, 0.6) is 5.75 Å². The highest BCUT2D eigenvalue weighted by Crippen LogP contribution is 2.27. The molecule has 86 valence electrons. The fourth-order valence-corrected chi connectivity index (χ4v) is 1.66. The number of halogens is 1. The molecule has 0 fully saturated rings. The number of carboxylic acid groups (broad SMARTS) is 1. The number of nitrogens with two attached hydrogens (primary N) is 1. The lowest BCUT2D eigenvalue weighted by molar-refractivity contribution is -0.135. The van der Waals surface area contributed by atoms with Crippen molar-refractivity contribution >= 4 is 40.0 Å². The average molecular weight is 335 g/mol. The van der Waals surface area contributed by atoms with Gasteiger partial charge in [-0.1, -0.05) is 0 Å². The summed E-state index contributed by atoms with van der Waals surface area (Å²) >= 11 is 1.97. The van der Waals surface area contributed by atoms with Crippen molar-refractivity contribution < 1.29 is 19.4 Å². The molecular formula is C10H10INO4. The average Bonchev–Trinajstić information content (AvgIpc) is 2.20. The molecule has 1 rings (SSSR count). The van der Waals surface area contributed by atoms with Gasteiger partial charge in [0.25, 0.3) is 0 Å². The fraction of sp³-hybridized carbons (Fsp3) is 0.200. The topological polar surface area (TPSA) is 89.6 Å². The van der Waals surface area contributed by atoms with E-state index in [1.54, 1.807) is 0 Å². The maximum atomic E-state index is 11.6. The summed E-state index contributed by atoms with van der Waals surface area (Å²) in [4.78, 5) is 22.0. The van der Waals surface area contributed by atoms with Gasteiger partial charge in [0, 0.05) is 15.3 Å². The van der Waals surface area contributed by atoms with Gasteiger partial charge in [-0.15, -0.1) is 0 Å². The minimum absolute atomic E-state index is 0.239. The number of benzene rings is 1. The Kier molecular flexibility index (Phi) is 4.11. The summed E-state index contributed by atoms with van der Waals surface area (Å²) in [6, 6.07) is 3.04. The van der Waals surface area contributed by atoms with Gasteiger partial charge in [-0.2, -0.15) is 0 Å². The smallest absolute Gasteiger partial charge is 0.311 e. The summed E-state index contributed by atoms with van der Waals surface area (Å²) in [5, 5.41) is 8.54.